The predicted molar refractivity (Wildman–Crippen MR) is 64.1 cm³/mol. The average molecular weight is 263 g/mol. The van der Waals surface area contributed by atoms with E-state index in [1.54, 1.807) is 12.1 Å². The van der Waals surface area contributed by atoms with E-state index < -0.39 is 23.9 Å². The third-order valence-corrected chi connectivity index (χ3v) is 2.90. The van der Waals surface area contributed by atoms with Crippen LogP contribution in [0.25, 0.3) is 0 Å². The summed E-state index contributed by atoms with van der Waals surface area (Å²) in [5.41, 5.74) is 0.803. The van der Waals surface area contributed by atoms with Gasteiger partial charge in [0.05, 0.1) is 5.92 Å². The molecule has 1 aromatic rings. The summed E-state index contributed by atoms with van der Waals surface area (Å²) < 4.78 is 4.98. The summed E-state index contributed by atoms with van der Waals surface area (Å²) in [6.45, 7) is -0.0665. The maximum absolute atomic E-state index is 11.7. The molecule has 0 aromatic heterocycles. The summed E-state index contributed by atoms with van der Waals surface area (Å²) in [5, 5.41) is 8.81. The Morgan fingerprint density at radius 2 is 2.00 bits per heavy atom. The van der Waals surface area contributed by atoms with Gasteiger partial charge in [0, 0.05) is 13.0 Å². The second-order valence-electron chi connectivity index (χ2n) is 4.28. The number of benzene rings is 1. The van der Waals surface area contributed by atoms with E-state index in [9.17, 15) is 14.4 Å². The van der Waals surface area contributed by atoms with Crippen molar-refractivity contribution in [3.05, 3.63) is 35.9 Å². The molecule has 0 aliphatic carbocycles. The lowest BCUT2D eigenvalue weighted by Crippen LogP contribution is -2.33. The van der Waals surface area contributed by atoms with E-state index in [1.165, 1.54) is 0 Å². The topological polar surface area (TPSA) is 83.9 Å². The van der Waals surface area contributed by atoms with E-state index in [0.29, 0.717) is 0 Å². The number of carboxylic acids is 1. The third-order valence-electron chi connectivity index (χ3n) is 2.90. The fraction of sp³-hybridized carbons (Fsp3) is 0.308. The third kappa shape index (κ3) is 3.09. The van der Waals surface area contributed by atoms with Crippen LogP contribution in [-0.2, 0) is 20.9 Å². The molecule has 1 aliphatic rings. The number of rotatable bonds is 3. The van der Waals surface area contributed by atoms with Crippen LogP contribution in [0.5, 0.6) is 0 Å². The molecule has 1 saturated heterocycles. The molecule has 0 bridgehead atoms. The first-order valence-corrected chi connectivity index (χ1v) is 5.82. The van der Waals surface area contributed by atoms with E-state index in [1.807, 2.05) is 18.2 Å². The van der Waals surface area contributed by atoms with Crippen molar-refractivity contribution in [2.75, 3.05) is 6.54 Å². The van der Waals surface area contributed by atoms with Gasteiger partial charge >= 0.3 is 12.1 Å². The fourth-order valence-corrected chi connectivity index (χ4v) is 1.85. The summed E-state index contributed by atoms with van der Waals surface area (Å²) in [6.07, 6.45) is -0.951. The maximum Gasteiger partial charge on any atom is 0.416 e. The second kappa shape index (κ2) is 5.51. The van der Waals surface area contributed by atoms with Crippen LogP contribution in [0.15, 0.2) is 30.3 Å². The molecule has 0 radical (unpaired) electrons. The normalized spacial score (nSPS) is 18.4. The Labute approximate surface area is 109 Å². The molecule has 2 amide bonds. The summed E-state index contributed by atoms with van der Waals surface area (Å²) in [7, 11) is 0. The van der Waals surface area contributed by atoms with E-state index in [2.05, 4.69) is 0 Å². The number of imide groups is 1. The van der Waals surface area contributed by atoms with Crippen LogP contribution in [0.2, 0.25) is 0 Å². The Kier molecular flexibility index (Phi) is 3.79. The van der Waals surface area contributed by atoms with Gasteiger partial charge in [0.1, 0.15) is 6.61 Å². The number of carbonyl (C=O) groups is 3. The van der Waals surface area contributed by atoms with Gasteiger partial charge in [0.25, 0.3) is 0 Å². The average Bonchev–Trinajstić information content (AvgIpc) is 2.80. The van der Waals surface area contributed by atoms with Crippen molar-refractivity contribution in [1.82, 2.24) is 4.90 Å². The molecule has 2 rings (SSSR count). The van der Waals surface area contributed by atoms with Gasteiger partial charge in [0.15, 0.2) is 0 Å². The molecule has 6 nitrogen and oxygen atoms in total. The number of carboxylic acid groups (broad SMARTS) is 1. The summed E-state index contributed by atoms with van der Waals surface area (Å²) >= 11 is 0. The van der Waals surface area contributed by atoms with Crippen LogP contribution >= 0.6 is 0 Å². The Morgan fingerprint density at radius 3 is 2.58 bits per heavy atom. The Hall–Kier alpha value is -2.37. The van der Waals surface area contributed by atoms with Crippen molar-refractivity contribution in [3.63, 3.8) is 0 Å². The highest BCUT2D eigenvalue weighted by Crippen LogP contribution is 2.19. The van der Waals surface area contributed by atoms with Crippen molar-refractivity contribution in [2.45, 2.75) is 13.0 Å². The summed E-state index contributed by atoms with van der Waals surface area (Å²) in [6, 6.07) is 9.04. The van der Waals surface area contributed by atoms with E-state index in [4.69, 9.17) is 9.84 Å². The van der Waals surface area contributed by atoms with Gasteiger partial charge in [0.2, 0.25) is 5.91 Å². The van der Waals surface area contributed by atoms with Crippen LogP contribution in [0.4, 0.5) is 4.79 Å². The van der Waals surface area contributed by atoms with Crippen molar-refractivity contribution in [1.29, 1.82) is 0 Å². The van der Waals surface area contributed by atoms with E-state index in [-0.39, 0.29) is 19.6 Å². The number of nitrogens with zero attached hydrogens (tertiary/aromatic N) is 1. The highest BCUT2D eigenvalue weighted by atomic mass is 16.6. The van der Waals surface area contributed by atoms with Gasteiger partial charge < -0.3 is 9.84 Å². The molecule has 1 aromatic carbocycles. The highest BCUT2D eigenvalue weighted by molar-refractivity contribution is 5.96. The molecule has 1 atom stereocenters. The number of amides is 2. The Bertz CT molecular complexity index is 499. The van der Waals surface area contributed by atoms with Gasteiger partial charge in [-0.3, -0.25) is 9.59 Å². The smallest absolute Gasteiger partial charge is 0.416 e. The van der Waals surface area contributed by atoms with Crippen molar-refractivity contribution in [2.24, 2.45) is 5.92 Å². The van der Waals surface area contributed by atoms with Crippen LogP contribution in [0.3, 0.4) is 0 Å². The van der Waals surface area contributed by atoms with Crippen LogP contribution in [-0.4, -0.2) is 34.5 Å². The summed E-state index contributed by atoms with van der Waals surface area (Å²) in [4.78, 5) is 34.8. The van der Waals surface area contributed by atoms with Gasteiger partial charge in [-0.05, 0) is 5.56 Å². The minimum Gasteiger partial charge on any atom is -0.481 e. The second-order valence-corrected chi connectivity index (χ2v) is 4.28. The molecule has 1 unspecified atom stereocenters. The fourth-order valence-electron chi connectivity index (χ4n) is 1.85. The molecule has 1 N–H and O–H groups in total. The van der Waals surface area contributed by atoms with E-state index in [0.717, 1.165) is 10.5 Å². The van der Waals surface area contributed by atoms with Crippen LogP contribution in [0.1, 0.15) is 12.0 Å². The first-order chi connectivity index (χ1) is 9.08. The van der Waals surface area contributed by atoms with Crippen LogP contribution in [0, 0.1) is 5.92 Å². The largest absolute Gasteiger partial charge is 0.481 e. The Morgan fingerprint density at radius 1 is 1.32 bits per heavy atom. The number of aliphatic carboxylic acids is 1. The van der Waals surface area contributed by atoms with Gasteiger partial charge in [-0.1, -0.05) is 30.3 Å². The first-order valence-electron chi connectivity index (χ1n) is 5.82. The molecular weight excluding hydrogens is 250 g/mol. The molecule has 1 aliphatic heterocycles. The SMILES string of the molecule is O=C(O)C1CC(=O)N(C(=O)OCc2ccccc2)C1. The first kappa shape index (κ1) is 13.1. The zero-order valence-electron chi connectivity index (χ0n) is 10.1. The molecular formula is C13H13NO5. The van der Waals surface area contributed by atoms with Crippen molar-refractivity contribution < 1.29 is 24.2 Å². The standard InChI is InChI=1S/C13H13NO5/c15-11-6-10(12(16)17)7-14(11)13(18)19-8-9-4-2-1-3-5-9/h1-5,10H,6-8H2,(H,16,17). The number of carbonyl (C=O) groups excluding carboxylic acids is 2. The highest BCUT2D eigenvalue weighted by Gasteiger charge is 2.38. The number of likely N-dealkylation sites (tertiary alicyclic amines) is 1. The number of ether oxygens (including phenoxy) is 1. The minimum absolute atomic E-state index is 0.0567. The zero-order valence-corrected chi connectivity index (χ0v) is 10.1. The molecule has 0 spiro atoms. The van der Waals surface area contributed by atoms with Crippen molar-refractivity contribution >= 4 is 18.0 Å². The maximum atomic E-state index is 11.7. The predicted octanol–water partition coefficient (Wildman–Crippen LogP) is 1.26. The molecule has 1 fully saturated rings. The Balaban J connectivity index is 1.90. The lowest BCUT2D eigenvalue weighted by molar-refractivity contribution is -0.141. The molecule has 6 heteroatoms. The molecule has 19 heavy (non-hydrogen) atoms. The monoisotopic (exact) mass is 263 g/mol. The summed E-state index contributed by atoms with van der Waals surface area (Å²) in [5.74, 6) is -2.42. The lowest BCUT2D eigenvalue weighted by Gasteiger charge is -2.14. The van der Waals surface area contributed by atoms with E-state index >= 15 is 0 Å². The zero-order chi connectivity index (χ0) is 13.8. The lowest BCUT2D eigenvalue weighted by atomic mass is 10.1. The molecule has 1 heterocycles. The van der Waals surface area contributed by atoms with Crippen LogP contribution < -0.4 is 0 Å². The van der Waals surface area contributed by atoms with Gasteiger partial charge in [-0.25, -0.2) is 9.69 Å². The molecule has 100 valence electrons. The van der Waals surface area contributed by atoms with Crippen molar-refractivity contribution in [3.8, 4) is 0 Å². The minimum atomic E-state index is -1.08. The van der Waals surface area contributed by atoms with Gasteiger partial charge in [-0.2, -0.15) is 0 Å². The number of hydrogen-bond donors (Lipinski definition) is 1. The number of hydrogen-bond acceptors (Lipinski definition) is 4. The van der Waals surface area contributed by atoms with Gasteiger partial charge in [-0.15, -0.1) is 0 Å². The molecule has 0 saturated carbocycles. The quantitative estimate of drug-likeness (QED) is 0.887.